The van der Waals surface area contributed by atoms with Crippen LogP contribution in [0.15, 0.2) is 66.5 Å². The molecule has 0 saturated carbocycles. The van der Waals surface area contributed by atoms with Crippen molar-refractivity contribution in [1.29, 1.82) is 0 Å². The Morgan fingerprint density at radius 2 is 1.97 bits per heavy atom. The van der Waals surface area contributed by atoms with Crippen molar-refractivity contribution in [2.75, 3.05) is 17.2 Å². The predicted molar refractivity (Wildman–Crippen MR) is 112 cm³/mol. The Morgan fingerprint density at radius 3 is 2.68 bits per heavy atom. The van der Waals surface area contributed by atoms with Gasteiger partial charge in [-0.3, -0.25) is 4.79 Å². The first-order chi connectivity index (χ1) is 15.0. The topological polar surface area (TPSA) is 105 Å². The molecule has 3 aromatic rings. The van der Waals surface area contributed by atoms with Crippen LogP contribution in [0.4, 0.5) is 15.9 Å². The first kappa shape index (κ1) is 20.1. The Kier molecular flexibility index (Phi) is 5.40. The van der Waals surface area contributed by atoms with Gasteiger partial charge in [-0.05, 0) is 43.3 Å². The van der Waals surface area contributed by atoms with E-state index in [1.54, 1.807) is 6.07 Å². The van der Waals surface area contributed by atoms with Crippen LogP contribution < -0.4 is 15.4 Å². The summed E-state index contributed by atoms with van der Waals surface area (Å²) < 4.78 is 20.4. The summed E-state index contributed by atoms with van der Waals surface area (Å²) in [6, 6.07) is 12.0. The highest BCUT2D eigenvalue weighted by Crippen LogP contribution is 2.36. The second-order valence-electron chi connectivity index (χ2n) is 6.74. The summed E-state index contributed by atoms with van der Waals surface area (Å²) in [5.74, 6) is -1.28. The van der Waals surface area contributed by atoms with Gasteiger partial charge in [0.05, 0.1) is 12.8 Å². The smallest absolute Gasteiger partial charge is 0.352 e. The van der Waals surface area contributed by atoms with E-state index in [2.05, 4.69) is 15.7 Å². The van der Waals surface area contributed by atoms with Crippen molar-refractivity contribution in [3.63, 3.8) is 0 Å². The van der Waals surface area contributed by atoms with Crippen LogP contribution in [0.25, 0.3) is 0 Å². The van der Waals surface area contributed by atoms with Crippen LogP contribution in [0.1, 0.15) is 28.9 Å². The van der Waals surface area contributed by atoms with E-state index in [4.69, 9.17) is 4.74 Å². The summed E-state index contributed by atoms with van der Waals surface area (Å²) in [5, 5.41) is 19.4. The third-order valence-corrected chi connectivity index (χ3v) is 4.75. The molecule has 0 spiro atoms. The highest BCUT2D eigenvalue weighted by molar-refractivity contribution is 6.08. The van der Waals surface area contributed by atoms with E-state index in [-0.39, 0.29) is 17.1 Å². The number of carbonyl (C=O) groups is 2. The highest BCUT2D eigenvalue weighted by Gasteiger charge is 2.30. The van der Waals surface area contributed by atoms with E-state index in [9.17, 15) is 19.1 Å². The summed E-state index contributed by atoms with van der Waals surface area (Å²) >= 11 is 0. The van der Waals surface area contributed by atoms with Crippen LogP contribution in [-0.2, 0) is 4.79 Å². The first-order valence-electron chi connectivity index (χ1n) is 9.56. The van der Waals surface area contributed by atoms with Gasteiger partial charge in [0.1, 0.15) is 34.7 Å². The molecule has 0 unspecified atom stereocenters. The van der Waals surface area contributed by atoms with Gasteiger partial charge >= 0.3 is 5.97 Å². The number of para-hydroxylation sites is 1. The van der Waals surface area contributed by atoms with Crippen molar-refractivity contribution in [3.05, 3.63) is 83.4 Å². The second kappa shape index (κ2) is 8.31. The van der Waals surface area contributed by atoms with Gasteiger partial charge in [-0.25, -0.2) is 13.9 Å². The fourth-order valence-electron chi connectivity index (χ4n) is 3.35. The molecular formula is C22H19FN4O4. The fourth-order valence-corrected chi connectivity index (χ4v) is 3.35. The van der Waals surface area contributed by atoms with E-state index >= 15 is 0 Å². The molecule has 3 N–H and O–H groups in total. The standard InChI is InChI=1S/C22H19FN4O4/c1-2-31-19-6-4-3-5-15(19)18-11-17(22(29)30)26-20-16(12-24-27(18)20)21(28)25-14-9-7-13(23)8-10-14/h3-12,18,26H,2H2,1H3,(H,25,28)(H,29,30)/t18-/m1/s1. The van der Waals surface area contributed by atoms with Crippen LogP contribution in [-0.4, -0.2) is 33.4 Å². The van der Waals surface area contributed by atoms with Gasteiger partial charge in [-0.15, -0.1) is 0 Å². The van der Waals surface area contributed by atoms with Crippen molar-refractivity contribution in [2.45, 2.75) is 13.0 Å². The average molecular weight is 422 g/mol. The van der Waals surface area contributed by atoms with Gasteiger partial charge in [0.2, 0.25) is 0 Å². The van der Waals surface area contributed by atoms with E-state index < -0.39 is 23.7 Å². The highest BCUT2D eigenvalue weighted by atomic mass is 19.1. The number of nitrogens with one attached hydrogen (secondary N) is 2. The maximum atomic E-state index is 13.1. The zero-order chi connectivity index (χ0) is 22.0. The van der Waals surface area contributed by atoms with Gasteiger partial charge in [0, 0.05) is 11.3 Å². The number of anilines is 2. The lowest BCUT2D eigenvalue weighted by atomic mass is 10.0. The predicted octanol–water partition coefficient (Wildman–Crippen LogP) is 3.66. The number of amides is 1. The molecule has 158 valence electrons. The lowest BCUT2D eigenvalue weighted by molar-refractivity contribution is -0.132. The maximum Gasteiger partial charge on any atom is 0.352 e. The van der Waals surface area contributed by atoms with Crippen LogP contribution in [0.5, 0.6) is 5.75 Å². The quantitative estimate of drug-likeness (QED) is 0.560. The molecule has 0 radical (unpaired) electrons. The molecule has 1 amide bonds. The molecule has 0 fully saturated rings. The lowest BCUT2D eigenvalue weighted by Crippen LogP contribution is -2.26. The number of benzene rings is 2. The Balaban J connectivity index is 1.73. The van der Waals surface area contributed by atoms with Crippen molar-refractivity contribution in [1.82, 2.24) is 9.78 Å². The maximum absolute atomic E-state index is 13.1. The molecule has 1 aromatic heterocycles. The number of carboxylic acids is 1. The molecule has 4 rings (SSSR count). The summed E-state index contributed by atoms with van der Waals surface area (Å²) in [4.78, 5) is 24.6. The minimum absolute atomic E-state index is 0.0832. The van der Waals surface area contributed by atoms with E-state index in [1.165, 1.54) is 41.2 Å². The number of hydrogen-bond acceptors (Lipinski definition) is 5. The van der Waals surface area contributed by atoms with Gasteiger partial charge in [0.25, 0.3) is 5.91 Å². The Morgan fingerprint density at radius 1 is 1.23 bits per heavy atom. The van der Waals surface area contributed by atoms with E-state index in [1.807, 2.05) is 25.1 Å². The van der Waals surface area contributed by atoms with Crippen LogP contribution in [0.2, 0.25) is 0 Å². The fraction of sp³-hybridized carbons (Fsp3) is 0.136. The molecule has 9 heteroatoms. The minimum Gasteiger partial charge on any atom is -0.494 e. The summed E-state index contributed by atoms with van der Waals surface area (Å²) in [7, 11) is 0. The molecule has 2 aromatic carbocycles. The normalized spacial score (nSPS) is 14.8. The number of allylic oxidation sites excluding steroid dienone is 1. The van der Waals surface area contributed by atoms with Crippen LogP contribution in [0, 0.1) is 5.82 Å². The number of fused-ring (bicyclic) bond motifs is 1. The molecule has 8 nitrogen and oxygen atoms in total. The molecule has 0 saturated heterocycles. The molecule has 1 aliphatic heterocycles. The number of ether oxygens (including phenoxy) is 1. The SMILES string of the molecule is CCOc1ccccc1[C@H]1C=C(C(=O)O)Nc2c(C(=O)Nc3ccc(F)cc3)cnn21. The zero-order valence-electron chi connectivity index (χ0n) is 16.5. The Labute approximate surface area is 177 Å². The average Bonchev–Trinajstić information content (AvgIpc) is 3.19. The van der Waals surface area contributed by atoms with E-state index in [0.29, 0.717) is 23.6 Å². The van der Waals surface area contributed by atoms with Gasteiger partial charge < -0.3 is 20.5 Å². The second-order valence-corrected chi connectivity index (χ2v) is 6.74. The molecule has 0 bridgehead atoms. The zero-order valence-corrected chi connectivity index (χ0v) is 16.5. The summed E-state index contributed by atoms with van der Waals surface area (Å²) in [5.41, 5.74) is 1.17. The first-order valence-corrected chi connectivity index (χ1v) is 9.56. The Hall–Kier alpha value is -4.14. The van der Waals surface area contributed by atoms with Gasteiger partial charge in [-0.1, -0.05) is 18.2 Å². The summed E-state index contributed by atoms with van der Waals surface area (Å²) in [6.07, 6.45) is 2.87. The molecule has 0 aliphatic carbocycles. The monoisotopic (exact) mass is 422 g/mol. The number of aromatic nitrogens is 2. The van der Waals surface area contributed by atoms with Gasteiger partial charge in [-0.2, -0.15) is 5.10 Å². The third-order valence-electron chi connectivity index (χ3n) is 4.75. The number of halogens is 1. The third kappa shape index (κ3) is 3.97. The number of rotatable bonds is 6. The minimum atomic E-state index is -1.17. The van der Waals surface area contributed by atoms with E-state index in [0.717, 1.165) is 0 Å². The number of carbonyl (C=O) groups excluding carboxylic acids is 1. The number of carboxylic acid groups (broad SMARTS) is 1. The molecule has 1 atom stereocenters. The molecule has 2 heterocycles. The molecule has 1 aliphatic rings. The number of nitrogens with zero attached hydrogens (tertiary/aromatic N) is 2. The lowest BCUT2D eigenvalue weighted by Gasteiger charge is -2.25. The van der Waals surface area contributed by atoms with Crippen molar-refractivity contribution < 1.29 is 23.8 Å². The van der Waals surface area contributed by atoms with Crippen LogP contribution >= 0.6 is 0 Å². The van der Waals surface area contributed by atoms with Crippen molar-refractivity contribution >= 4 is 23.4 Å². The number of aliphatic carboxylic acids is 1. The van der Waals surface area contributed by atoms with Gasteiger partial charge in [0.15, 0.2) is 0 Å². The van der Waals surface area contributed by atoms with Crippen molar-refractivity contribution in [3.8, 4) is 5.75 Å². The summed E-state index contributed by atoms with van der Waals surface area (Å²) in [6.45, 7) is 2.30. The Bertz CT molecular complexity index is 1170. The number of hydrogen-bond donors (Lipinski definition) is 3. The van der Waals surface area contributed by atoms with Crippen molar-refractivity contribution in [2.24, 2.45) is 0 Å². The largest absolute Gasteiger partial charge is 0.494 e. The molecular weight excluding hydrogens is 403 g/mol. The molecule has 31 heavy (non-hydrogen) atoms. The van der Waals surface area contributed by atoms with Crippen LogP contribution in [0.3, 0.4) is 0 Å².